The Morgan fingerprint density at radius 3 is 2.47 bits per heavy atom. The van der Waals surface area contributed by atoms with Gasteiger partial charge in [0.15, 0.2) is 0 Å². The molecule has 0 saturated carbocycles. The van der Waals surface area contributed by atoms with E-state index in [1.165, 1.54) is 49.0 Å². The van der Waals surface area contributed by atoms with Crippen LogP contribution < -0.4 is 0 Å². The van der Waals surface area contributed by atoms with Crippen LogP contribution in [0.15, 0.2) is 12.1 Å². The third-order valence-electron chi connectivity index (χ3n) is 4.35. The molecule has 0 spiro atoms. The molecule has 0 fully saturated rings. The van der Waals surface area contributed by atoms with E-state index < -0.39 is 0 Å². The van der Waals surface area contributed by atoms with E-state index in [1.54, 1.807) is 0 Å². The summed E-state index contributed by atoms with van der Waals surface area (Å²) in [6, 6.07) is 4.52. The van der Waals surface area contributed by atoms with Crippen molar-refractivity contribution in [1.82, 2.24) is 4.90 Å². The summed E-state index contributed by atoms with van der Waals surface area (Å²) in [5.41, 5.74) is 3.93. The second kappa shape index (κ2) is 6.42. The molecule has 0 aliphatic heterocycles. The van der Waals surface area contributed by atoms with Crippen LogP contribution in [0.5, 0.6) is 5.75 Å². The third-order valence-corrected chi connectivity index (χ3v) is 4.35. The first-order valence-corrected chi connectivity index (χ1v) is 7.71. The smallest absolute Gasteiger partial charge is 0.119 e. The minimum absolute atomic E-state index is 0.498. The lowest BCUT2D eigenvalue weighted by atomic mass is 9.84. The van der Waals surface area contributed by atoms with Crippen LogP contribution in [0, 0.1) is 6.92 Å². The Bertz CT molecular complexity index is 422. The van der Waals surface area contributed by atoms with E-state index in [4.69, 9.17) is 0 Å². The molecule has 1 aromatic carbocycles. The number of nitrogens with zero attached hydrogens (tertiary/aromatic N) is 1. The minimum Gasteiger partial charge on any atom is -0.508 e. The summed E-state index contributed by atoms with van der Waals surface area (Å²) in [6.45, 7) is 9.03. The molecule has 1 aliphatic rings. The predicted molar refractivity (Wildman–Crippen MR) is 80.8 cm³/mol. The molecule has 0 heterocycles. The topological polar surface area (TPSA) is 23.5 Å². The van der Waals surface area contributed by atoms with Gasteiger partial charge in [0.25, 0.3) is 0 Å². The molecule has 1 N–H and O–H groups in total. The maximum atomic E-state index is 10.1. The summed E-state index contributed by atoms with van der Waals surface area (Å²) in [5.74, 6) is 0.498. The highest BCUT2D eigenvalue weighted by Crippen LogP contribution is 2.33. The van der Waals surface area contributed by atoms with E-state index in [9.17, 15) is 5.11 Å². The molecule has 1 aliphatic carbocycles. The van der Waals surface area contributed by atoms with Gasteiger partial charge in [0.2, 0.25) is 0 Å². The Hall–Kier alpha value is -1.02. The van der Waals surface area contributed by atoms with Crippen LogP contribution in [0.1, 0.15) is 49.8 Å². The zero-order valence-corrected chi connectivity index (χ0v) is 12.6. The minimum atomic E-state index is 0.498. The molecule has 0 bridgehead atoms. The van der Waals surface area contributed by atoms with Gasteiger partial charge in [-0.3, -0.25) is 0 Å². The molecule has 1 aromatic rings. The van der Waals surface area contributed by atoms with Crippen molar-refractivity contribution >= 4 is 0 Å². The van der Waals surface area contributed by atoms with Crippen molar-refractivity contribution in [2.75, 3.05) is 13.1 Å². The van der Waals surface area contributed by atoms with Crippen LogP contribution in [-0.4, -0.2) is 29.1 Å². The summed E-state index contributed by atoms with van der Waals surface area (Å²) in [6.07, 6.45) is 5.79. The number of aryl methyl sites for hydroxylation is 1. The zero-order chi connectivity index (χ0) is 13.8. The van der Waals surface area contributed by atoms with E-state index in [-0.39, 0.29) is 0 Å². The Balaban J connectivity index is 2.18. The number of phenolic OH excluding ortho intramolecular Hbond substituents is 1. The van der Waals surface area contributed by atoms with Crippen molar-refractivity contribution in [3.63, 3.8) is 0 Å². The molecule has 0 radical (unpaired) electrons. The van der Waals surface area contributed by atoms with Crippen molar-refractivity contribution in [1.29, 1.82) is 0 Å². The van der Waals surface area contributed by atoms with Crippen molar-refractivity contribution < 1.29 is 5.11 Å². The van der Waals surface area contributed by atoms with Gasteiger partial charge in [0.05, 0.1) is 0 Å². The lowest BCUT2D eigenvalue weighted by Gasteiger charge is -2.35. The van der Waals surface area contributed by atoms with Gasteiger partial charge < -0.3 is 10.0 Å². The lowest BCUT2D eigenvalue weighted by Crippen LogP contribution is -2.40. The van der Waals surface area contributed by atoms with Crippen LogP contribution in [0.25, 0.3) is 0 Å². The van der Waals surface area contributed by atoms with Crippen LogP contribution in [0.2, 0.25) is 0 Å². The largest absolute Gasteiger partial charge is 0.508 e. The fraction of sp³-hybridized carbons (Fsp3) is 0.647. The number of phenols is 1. The maximum absolute atomic E-state index is 10.1. The Morgan fingerprint density at radius 1 is 1.16 bits per heavy atom. The van der Waals surface area contributed by atoms with Gasteiger partial charge in [-0.05, 0) is 74.9 Å². The number of aromatic hydroxyl groups is 1. The average molecular weight is 261 g/mol. The van der Waals surface area contributed by atoms with Crippen LogP contribution in [0.4, 0.5) is 0 Å². The molecule has 19 heavy (non-hydrogen) atoms. The van der Waals surface area contributed by atoms with Crippen molar-refractivity contribution in [3.05, 3.63) is 28.8 Å². The number of hydrogen-bond donors (Lipinski definition) is 1. The first kappa shape index (κ1) is 14.4. The van der Waals surface area contributed by atoms with Gasteiger partial charge in [-0.25, -0.2) is 0 Å². The van der Waals surface area contributed by atoms with E-state index in [2.05, 4.69) is 25.7 Å². The highest BCUT2D eigenvalue weighted by molar-refractivity contribution is 5.46. The van der Waals surface area contributed by atoms with Crippen LogP contribution in [-0.2, 0) is 12.8 Å². The fourth-order valence-electron chi connectivity index (χ4n) is 3.39. The standard InChI is InChI=1S/C17H27NO/c1-4-10-18(11-5-2)14-7-8-15-13(3)6-9-17(19)16(15)12-14/h6,9,14,19H,4-5,7-8,10-12H2,1-3H3/t14-/m1/s1. The molecule has 2 nitrogen and oxygen atoms in total. The SMILES string of the molecule is CCCN(CCC)[C@@H]1CCc2c(C)ccc(O)c2C1. The van der Waals surface area contributed by atoms with Gasteiger partial charge >= 0.3 is 0 Å². The van der Waals surface area contributed by atoms with Crippen molar-refractivity contribution in [2.45, 2.75) is 58.9 Å². The van der Waals surface area contributed by atoms with E-state index in [0.29, 0.717) is 11.8 Å². The van der Waals surface area contributed by atoms with Gasteiger partial charge in [-0.15, -0.1) is 0 Å². The van der Waals surface area contributed by atoms with Crippen molar-refractivity contribution in [2.24, 2.45) is 0 Å². The highest BCUT2D eigenvalue weighted by Gasteiger charge is 2.26. The predicted octanol–water partition coefficient (Wildman–Crippen LogP) is 3.68. The highest BCUT2D eigenvalue weighted by atomic mass is 16.3. The lowest BCUT2D eigenvalue weighted by molar-refractivity contribution is 0.179. The van der Waals surface area contributed by atoms with Crippen LogP contribution in [0.3, 0.4) is 0 Å². The zero-order valence-electron chi connectivity index (χ0n) is 12.6. The van der Waals surface area contributed by atoms with E-state index in [0.717, 1.165) is 12.8 Å². The Kier molecular flexibility index (Phi) is 4.87. The molecular weight excluding hydrogens is 234 g/mol. The molecular formula is C17H27NO. The van der Waals surface area contributed by atoms with Gasteiger partial charge in [-0.2, -0.15) is 0 Å². The third kappa shape index (κ3) is 3.11. The van der Waals surface area contributed by atoms with E-state index >= 15 is 0 Å². The summed E-state index contributed by atoms with van der Waals surface area (Å²) >= 11 is 0. The molecule has 0 aromatic heterocycles. The van der Waals surface area contributed by atoms with Gasteiger partial charge in [-0.1, -0.05) is 19.9 Å². The summed E-state index contributed by atoms with van der Waals surface area (Å²) in [5, 5.41) is 10.1. The maximum Gasteiger partial charge on any atom is 0.119 e. The first-order chi connectivity index (χ1) is 9.17. The van der Waals surface area contributed by atoms with Gasteiger partial charge in [0, 0.05) is 6.04 Å². The Labute approximate surface area is 117 Å². The quantitative estimate of drug-likeness (QED) is 0.874. The van der Waals surface area contributed by atoms with Crippen molar-refractivity contribution in [3.8, 4) is 5.75 Å². The van der Waals surface area contributed by atoms with Gasteiger partial charge in [0.1, 0.15) is 5.75 Å². The second-order valence-electron chi connectivity index (χ2n) is 5.79. The number of hydrogen-bond acceptors (Lipinski definition) is 2. The van der Waals surface area contributed by atoms with Crippen LogP contribution >= 0.6 is 0 Å². The molecule has 106 valence electrons. The number of rotatable bonds is 5. The first-order valence-electron chi connectivity index (χ1n) is 7.71. The molecule has 0 saturated heterocycles. The molecule has 2 heteroatoms. The number of fused-ring (bicyclic) bond motifs is 1. The fourth-order valence-corrected chi connectivity index (χ4v) is 3.39. The molecule has 0 amide bonds. The summed E-state index contributed by atoms with van der Waals surface area (Å²) in [4.78, 5) is 2.62. The average Bonchev–Trinajstić information content (AvgIpc) is 2.42. The molecule has 0 unspecified atom stereocenters. The molecule has 1 atom stereocenters. The second-order valence-corrected chi connectivity index (χ2v) is 5.79. The number of benzene rings is 1. The summed E-state index contributed by atoms with van der Waals surface area (Å²) in [7, 11) is 0. The summed E-state index contributed by atoms with van der Waals surface area (Å²) < 4.78 is 0. The molecule has 2 rings (SSSR count). The Morgan fingerprint density at radius 2 is 1.84 bits per heavy atom. The monoisotopic (exact) mass is 261 g/mol. The van der Waals surface area contributed by atoms with E-state index in [1.807, 2.05) is 12.1 Å². The normalized spacial score (nSPS) is 18.6.